The molecular weight excluding hydrogens is 332 g/mol. The number of nitrogens with zero attached hydrogens (tertiary/aromatic N) is 2. The molecule has 0 aliphatic carbocycles. The van der Waals surface area contributed by atoms with Crippen molar-refractivity contribution in [2.45, 2.75) is 18.9 Å². The van der Waals surface area contributed by atoms with E-state index in [0.29, 0.717) is 12.8 Å². The molecule has 1 aromatic carbocycles. The largest absolute Gasteiger partial charge is 0.347 e. The van der Waals surface area contributed by atoms with Gasteiger partial charge in [-0.1, -0.05) is 5.92 Å². The first kappa shape index (κ1) is 18.4. The van der Waals surface area contributed by atoms with Crippen LogP contribution in [0.15, 0.2) is 12.1 Å². The van der Waals surface area contributed by atoms with Gasteiger partial charge in [-0.15, -0.1) is 6.42 Å². The molecule has 0 aromatic heterocycles. The van der Waals surface area contributed by atoms with Crippen LogP contribution in [-0.2, 0) is 14.4 Å². The summed E-state index contributed by atoms with van der Waals surface area (Å²) in [6.07, 6.45) is 6.06. The molecule has 1 heterocycles. The van der Waals surface area contributed by atoms with Gasteiger partial charge in [-0.05, 0) is 25.0 Å². The van der Waals surface area contributed by atoms with E-state index >= 15 is 0 Å². The van der Waals surface area contributed by atoms with Gasteiger partial charge in [-0.2, -0.15) is 0 Å². The maximum Gasteiger partial charge on any atom is 0.314 e. The average molecular weight is 349 g/mol. The summed E-state index contributed by atoms with van der Waals surface area (Å²) in [5.41, 5.74) is -0.789. The van der Waals surface area contributed by atoms with Crippen molar-refractivity contribution in [3.63, 3.8) is 0 Å². The molecular formula is C17H17F2N3O3. The lowest BCUT2D eigenvalue weighted by molar-refractivity contribution is -0.147. The smallest absolute Gasteiger partial charge is 0.314 e. The number of nitrogens with one attached hydrogen (secondary N) is 1. The Kier molecular flexibility index (Phi) is 5.37. The predicted octanol–water partition coefficient (Wildman–Crippen LogP) is 0.964. The fourth-order valence-corrected chi connectivity index (χ4v) is 2.64. The first-order valence-electron chi connectivity index (χ1n) is 7.55. The first-order chi connectivity index (χ1) is 11.8. The van der Waals surface area contributed by atoms with Crippen LogP contribution in [0.1, 0.15) is 18.4 Å². The van der Waals surface area contributed by atoms with Crippen LogP contribution in [0.4, 0.5) is 14.5 Å². The summed E-state index contributed by atoms with van der Waals surface area (Å²) in [5.74, 6) is -2.64. The van der Waals surface area contributed by atoms with E-state index in [1.807, 2.05) is 5.32 Å². The van der Waals surface area contributed by atoms with Gasteiger partial charge in [-0.3, -0.25) is 14.4 Å². The Balaban J connectivity index is 2.17. The molecule has 6 nitrogen and oxygen atoms in total. The molecule has 1 N–H and O–H groups in total. The van der Waals surface area contributed by atoms with Crippen molar-refractivity contribution >= 4 is 23.4 Å². The van der Waals surface area contributed by atoms with Gasteiger partial charge in [0.05, 0.1) is 0 Å². The van der Waals surface area contributed by atoms with Crippen molar-refractivity contribution in [1.82, 2.24) is 9.80 Å². The van der Waals surface area contributed by atoms with Crippen molar-refractivity contribution in [1.29, 1.82) is 0 Å². The zero-order valence-corrected chi connectivity index (χ0v) is 13.8. The van der Waals surface area contributed by atoms with E-state index < -0.39 is 35.2 Å². The number of likely N-dealkylation sites (tertiary alicyclic amines) is 1. The van der Waals surface area contributed by atoms with Crippen molar-refractivity contribution in [3.05, 3.63) is 29.3 Å². The summed E-state index contributed by atoms with van der Waals surface area (Å²) < 4.78 is 27.7. The Hall–Kier alpha value is -2.95. The fraction of sp³-hybridized carbons (Fsp3) is 0.353. The highest BCUT2D eigenvalue weighted by Crippen LogP contribution is 2.22. The number of amides is 3. The fourth-order valence-electron chi connectivity index (χ4n) is 2.64. The number of carbonyl (C=O) groups excluding carboxylic acids is 3. The first-order valence-corrected chi connectivity index (χ1v) is 7.55. The monoisotopic (exact) mass is 349 g/mol. The van der Waals surface area contributed by atoms with Gasteiger partial charge in [-0.25, -0.2) is 8.78 Å². The van der Waals surface area contributed by atoms with Crippen LogP contribution < -0.4 is 5.32 Å². The molecule has 0 saturated carbocycles. The second kappa shape index (κ2) is 7.30. The van der Waals surface area contributed by atoms with Crippen LogP contribution in [-0.4, -0.2) is 54.2 Å². The van der Waals surface area contributed by atoms with Crippen LogP contribution in [0.25, 0.3) is 0 Å². The lowest BCUT2D eigenvalue weighted by Crippen LogP contribution is -2.49. The SMILES string of the molecule is C#Cc1cc(F)c(NC(=O)C(=O)N2CCCC2C(=O)N(C)C)c(F)c1. The maximum atomic E-state index is 13.9. The van der Waals surface area contributed by atoms with E-state index in [4.69, 9.17) is 6.42 Å². The highest BCUT2D eigenvalue weighted by molar-refractivity contribution is 6.40. The van der Waals surface area contributed by atoms with Crippen molar-refractivity contribution in [3.8, 4) is 12.3 Å². The second-order valence-corrected chi connectivity index (χ2v) is 5.80. The van der Waals surface area contributed by atoms with Crippen LogP contribution >= 0.6 is 0 Å². The van der Waals surface area contributed by atoms with Crippen molar-refractivity contribution in [2.24, 2.45) is 0 Å². The number of likely N-dealkylation sites (N-methyl/N-ethyl adjacent to an activating group) is 1. The quantitative estimate of drug-likeness (QED) is 0.639. The van der Waals surface area contributed by atoms with E-state index in [1.165, 1.54) is 4.90 Å². The molecule has 1 saturated heterocycles. The molecule has 0 radical (unpaired) electrons. The molecule has 0 bridgehead atoms. The summed E-state index contributed by atoms with van der Waals surface area (Å²) >= 11 is 0. The number of benzene rings is 1. The zero-order chi connectivity index (χ0) is 18.7. The van der Waals surface area contributed by atoms with Gasteiger partial charge in [0, 0.05) is 26.2 Å². The molecule has 1 fully saturated rings. The number of halogens is 2. The Morgan fingerprint density at radius 2 is 1.88 bits per heavy atom. The highest BCUT2D eigenvalue weighted by atomic mass is 19.1. The highest BCUT2D eigenvalue weighted by Gasteiger charge is 2.37. The Morgan fingerprint density at radius 3 is 2.40 bits per heavy atom. The minimum Gasteiger partial charge on any atom is -0.347 e. The molecule has 132 valence electrons. The van der Waals surface area contributed by atoms with E-state index in [9.17, 15) is 23.2 Å². The molecule has 1 aliphatic heterocycles. The van der Waals surface area contributed by atoms with Crippen LogP contribution in [0.3, 0.4) is 0 Å². The third-order valence-corrected chi connectivity index (χ3v) is 3.88. The Labute approximate surface area is 143 Å². The number of rotatable bonds is 2. The van der Waals surface area contributed by atoms with Crippen LogP contribution in [0.2, 0.25) is 0 Å². The lowest BCUT2D eigenvalue weighted by Gasteiger charge is -2.25. The summed E-state index contributed by atoms with van der Waals surface area (Å²) in [6.45, 7) is 0.220. The molecule has 1 unspecified atom stereocenters. The molecule has 0 spiro atoms. The third kappa shape index (κ3) is 3.76. The second-order valence-electron chi connectivity index (χ2n) is 5.80. The topological polar surface area (TPSA) is 69.7 Å². The zero-order valence-electron chi connectivity index (χ0n) is 13.8. The number of terminal acetylenes is 1. The van der Waals surface area contributed by atoms with Gasteiger partial charge in [0.25, 0.3) is 0 Å². The Morgan fingerprint density at radius 1 is 1.28 bits per heavy atom. The van der Waals surface area contributed by atoms with Crippen LogP contribution in [0.5, 0.6) is 0 Å². The van der Waals surface area contributed by atoms with Crippen molar-refractivity contribution in [2.75, 3.05) is 26.0 Å². The molecule has 1 atom stereocenters. The van der Waals surface area contributed by atoms with Gasteiger partial charge >= 0.3 is 11.8 Å². The summed E-state index contributed by atoms with van der Waals surface area (Å²) in [7, 11) is 3.09. The van der Waals surface area contributed by atoms with Gasteiger partial charge < -0.3 is 15.1 Å². The number of hydrogen-bond acceptors (Lipinski definition) is 3. The third-order valence-electron chi connectivity index (χ3n) is 3.88. The predicted molar refractivity (Wildman–Crippen MR) is 86.4 cm³/mol. The standard InChI is InChI=1S/C17H17F2N3O3/c1-4-10-8-11(18)14(12(19)9-10)20-15(23)17(25)22-7-5-6-13(22)16(24)21(2)3/h1,8-9,13H,5-7H2,2-3H3,(H,20,23). The molecule has 1 aliphatic rings. The number of anilines is 1. The van der Waals surface area contributed by atoms with Gasteiger partial charge in [0.15, 0.2) is 11.6 Å². The number of hydrogen-bond donors (Lipinski definition) is 1. The number of carbonyl (C=O) groups is 3. The van der Waals surface area contributed by atoms with Gasteiger partial charge in [0.1, 0.15) is 11.7 Å². The van der Waals surface area contributed by atoms with E-state index in [2.05, 4.69) is 5.92 Å². The minimum absolute atomic E-state index is 0.0319. The maximum absolute atomic E-state index is 13.9. The van der Waals surface area contributed by atoms with E-state index in [-0.39, 0.29) is 18.0 Å². The minimum atomic E-state index is -1.22. The Bertz CT molecular complexity index is 748. The average Bonchev–Trinajstić information content (AvgIpc) is 3.05. The van der Waals surface area contributed by atoms with Crippen molar-refractivity contribution < 1.29 is 23.2 Å². The molecule has 1 aromatic rings. The van der Waals surface area contributed by atoms with E-state index in [1.54, 1.807) is 14.1 Å². The summed E-state index contributed by atoms with van der Waals surface area (Å²) in [5, 5.41) is 1.92. The van der Waals surface area contributed by atoms with Crippen LogP contribution in [0, 0.1) is 24.0 Å². The summed E-state index contributed by atoms with van der Waals surface area (Å²) in [4.78, 5) is 38.9. The lowest BCUT2D eigenvalue weighted by atomic mass is 10.2. The molecule has 25 heavy (non-hydrogen) atoms. The normalized spacial score (nSPS) is 16.3. The molecule has 2 rings (SSSR count). The molecule has 8 heteroatoms. The summed E-state index contributed by atoms with van der Waals surface area (Å²) in [6, 6.07) is 0.987. The van der Waals surface area contributed by atoms with Gasteiger partial charge in [0.2, 0.25) is 5.91 Å². The molecule has 3 amide bonds. The van der Waals surface area contributed by atoms with E-state index in [0.717, 1.165) is 17.0 Å².